The second kappa shape index (κ2) is 10.9. The Bertz CT molecular complexity index is 1480. The lowest BCUT2D eigenvalue weighted by Gasteiger charge is -2.13. The summed E-state index contributed by atoms with van der Waals surface area (Å²) in [4.78, 5) is 37.1. The standard InChI is InChI=1S/C25H16BrF3N2O6S/c1-36-21-10-14(11-22-23(32)30(24(33)38-22)13-15-4-2-3-5-17(15)26)6-8-20(21)37-19-9-7-16(25(27,28)29)12-18(19)31(34)35/h2-12H,13H2,1H3/b22-11+. The Morgan fingerprint density at radius 1 is 1.05 bits per heavy atom. The molecule has 1 fully saturated rings. The molecule has 4 rings (SSSR count). The summed E-state index contributed by atoms with van der Waals surface area (Å²) in [7, 11) is 1.30. The highest BCUT2D eigenvalue weighted by Gasteiger charge is 2.36. The number of carbonyl (C=O) groups is 2. The van der Waals surface area contributed by atoms with Crippen LogP contribution in [-0.2, 0) is 17.5 Å². The first kappa shape index (κ1) is 27.2. The lowest BCUT2D eigenvalue weighted by atomic mass is 10.1. The predicted molar refractivity (Wildman–Crippen MR) is 137 cm³/mol. The zero-order valence-corrected chi connectivity index (χ0v) is 21.7. The van der Waals surface area contributed by atoms with Crippen LogP contribution in [0.4, 0.5) is 23.7 Å². The van der Waals surface area contributed by atoms with E-state index in [1.54, 1.807) is 18.2 Å². The Balaban J connectivity index is 1.58. The molecule has 1 saturated heterocycles. The molecule has 0 bridgehead atoms. The van der Waals surface area contributed by atoms with Crippen LogP contribution in [0.1, 0.15) is 16.7 Å². The molecule has 0 aliphatic carbocycles. The third-order valence-electron chi connectivity index (χ3n) is 5.35. The van der Waals surface area contributed by atoms with Crippen LogP contribution in [0.5, 0.6) is 17.2 Å². The van der Waals surface area contributed by atoms with Gasteiger partial charge in [-0.05, 0) is 59.3 Å². The maximum atomic E-state index is 13.0. The molecule has 3 aromatic rings. The molecule has 1 aliphatic heterocycles. The molecule has 0 spiro atoms. The number of thioether (sulfide) groups is 1. The van der Waals surface area contributed by atoms with E-state index in [2.05, 4.69) is 15.9 Å². The third-order valence-corrected chi connectivity index (χ3v) is 7.03. The number of amides is 2. The first-order chi connectivity index (χ1) is 18.0. The van der Waals surface area contributed by atoms with Crippen LogP contribution in [0.3, 0.4) is 0 Å². The minimum absolute atomic E-state index is 0.00505. The van der Waals surface area contributed by atoms with Gasteiger partial charge in [-0.1, -0.05) is 40.2 Å². The number of carbonyl (C=O) groups excluding carboxylic acids is 2. The van der Waals surface area contributed by atoms with Gasteiger partial charge in [0.15, 0.2) is 11.5 Å². The smallest absolute Gasteiger partial charge is 0.416 e. The van der Waals surface area contributed by atoms with Crippen molar-refractivity contribution in [3.05, 3.63) is 96.8 Å². The van der Waals surface area contributed by atoms with E-state index in [9.17, 15) is 32.9 Å². The Labute approximate surface area is 226 Å². The molecule has 2 amide bonds. The fourth-order valence-corrected chi connectivity index (χ4v) is 4.73. The molecule has 0 aromatic heterocycles. The lowest BCUT2D eigenvalue weighted by Crippen LogP contribution is -2.27. The molecule has 8 nitrogen and oxygen atoms in total. The first-order valence-corrected chi connectivity index (χ1v) is 12.3. The van der Waals surface area contributed by atoms with Gasteiger partial charge in [-0.15, -0.1) is 0 Å². The maximum absolute atomic E-state index is 13.0. The average molecular weight is 609 g/mol. The summed E-state index contributed by atoms with van der Waals surface area (Å²) in [5, 5.41) is 10.9. The second-order valence-corrected chi connectivity index (χ2v) is 9.66. The molecule has 0 N–H and O–H groups in total. The highest BCUT2D eigenvalue weighted by atomic mass is 79.9. The van der Waals surface area contributed by atoms with Crippen molar-refractivity contribution in [1.82, 2.24) is 4.90 Å². The van der Waals surface area contributed by atoms with Crippen molar-refractivity contribution in [2.45, 2.75) is 12.7 Å². The predicted octanol–water partition coefficient (Wildman–Crippen LogP) is 7.41. The lowest BCUT2D eigenvalue weighted by molar-refractivity contribution is -0.385. The van der Waals surface area contributed by atoms with Crippen molar-refractivity contribution >= 4 is 50.6 Å². The molecule has 3 aromatic carbocycles. The number of methoxy groups -OCH3 is 1. The number of ether oxygens (including phenoxy) is 2. The van der Waals surface area contributed by atoms with E-state index in [1.807, 2.05) is 6.07 Å². The molecule has 0 saturated carbocycles. The quantitative estimate of drug-likeness (QED) is 0.156. The van der Waals surface area contributed by atoms with Crippen LogP contribution < -0.4 is 9.47 Å². The van der Waals surface area contributed by atoms with E-state index < -0.39 is 39.2 Å². The van der Waals surface area contributed by atoms with Gasteiger partial charge in [0, 0.05) is 10.5 Å². The van der Waals surface area contributed by atoms with Gasteiger partial charge in [0.25, 0.3) is 11.1 Å². The van der Waals surface area contributed by atoms with Crippen LogP contribution in [-0.4, -0.2) is 28.1 Å². The highest BCUT2D eigenvalue weighted by Crippen LogP contribution is 2.41. The van der Waals surface area contributed by atoms with E-state index in [1.165, 1.54) is 31.4 Å². The van der Waals surface area contributed by atoms with Crippen molar-refractivity contribution in [3.63, 3.8) is 0 Å². The Morgan fingerprint density at radius 3 is 2.42 bits per heavy atom. The number of benzene rings is 3. The average Bonchev–Trinajstić information content (AvgIpc) is 3.12. The van der Waals surface area contributed by atoms with E-state index >= 15 is 0 Å². The van der Waals surface area contributed by atoms with Crippen molar-refractivity contribution in [1.29, 1.82) is 0 Å². The van der Waals surface area contributed by atoms with Gasteiger partial charge < -0.3 is 9.47 Å². The maximum Gasteiger partial charge on any atom is 0.416 e. The van der Waals surface area contributed by atoms with Crippen molar-refractivity contribution in [3.8, 4) is 17.2 Å². The van der Waals surface area contributed by atoms with Gasteiger partial charge in [-0.3, -0.25) is 24.6 Å². The summed E-state index contributed by atoms with van der Waals surface area (Å²) in [6.45, 7) is 0.0887. The summed E-state index contributed by atoms with van der Waals surface area (Å²) < 4.78 is 50.5. The van der Waals surface area contributed by atoms with Gasteiger partial charge in [-0.25, -0.2) is 0 Å². The fourth-order valence-electron chi connectivity index (χ4n) is 3.48. The molecule has 196 valence electrons. The number of nitro groups is 1. The van der Waals surface area contributed by atoms with Crippen LogP contribution in [0.25, 0.3) is 6.08 Å². The number of rotatable bonds is 7. The van der Waals surface area contributed by atoms with Crippen LogP contribution in [0, 0.1) is 10.1 Å². The van der Waals surface area contributed by atoms with Gasteiger partial charge in [0.2, 0.25) is 5.75 Å². The SMILES string of the molecule is COc1cc(/C=C2/SC(=O)N(Cc3ccccc3Br)C2=O)ccc1Oc1ccc(C(F)(F)F)cc1[N+](=O)[O-]. The summed E-state index contributed by atoms with van der Waals surface area (Å²) in [6, 6.07) is 13.5. The van der Waals surface area contributed by atoms with Gasteiger partial charge in [0.1, 0.15) is 0 Å². The number of nitrogens with zero attached hydrogens (tertiary/aromatic N) is 2. The Morgan fingerprint density at radius 2 is 1.76 bits per heavy atom. The van der Waals surface area contributed by atoms with Gasteiger partial charge in [-0.2, -0.15) is 13.2 Å². The van der Waals surface area contributed by atoms with Crippen molar-refractivity contribution in [2.24, 2.45) is 0 Å². The molecular formula is C25H16BrF3N2O6S. The van der Waals surface area contributed by atoms with E-state index in [4.69, 9.17) is 9.47 Å². The Kier molecular flexibility index (Phi) is 7.78. The largest absolute Gasteiger partial charge is 0.493 e. The summed E-state index contributed by atoms with van der Waals surface area (Å²) in [6.07, 6.45) is -3.28. The first-order valence-electron chi connectivity index (χ1n) is 10.7. The number of imide groups is 1. The van der Waals surface area contributed by atoms with E-state index in [0.717, 1.165) is 32.8 Å². The molecule has 1 heterocycles. The van der Waals surface area contributed by atoms with Gasteiger partial charge in [0.05, 0.1) is 29.0 Å². The monoisotopic (exact) mass is 608 g/mol. The molecule has 38 heavy (non-hydrogen) atoms. The second-order valence-electron chi connectivity index (χ2n) is 7.81. The van der Waals surface area contributed by atoms with E-state index in [0.29, 0.717) is 17.7 Å². The molecule has 13 heteroatoms. The number of halogens is 4. The minimum Gasteiger partial charge on any atom is -0.493 e. The fraction of sp³-hybridized carbons (Fsp3) is 0.120. The van der Waals surface area contributed by atoms with Crippen LogP contribution in [0.2, 0.25) is 0 Å². The van der Waals surface area contributed by atoms with Crippen molar-refractivity contribution in [2.75, 3.05) is 7.11 Å². The van der Waals surface area contributed by atoms with Crippen LogP contribution in [0.15, 0.2) is 70.0 Å². The minimum atomic E-state index is -4.76. The van der Waals surface area contributed by atoms with Crippen LogP contribution >= 0.6 is 27.7 Å². The zero-order chi connectivity index (χ0) is 27.6. The summed E-state index contributed by atoms with van der Waals surface area (Å²) in [5.41, 5.74) is -0.837. The summed E-state index contributed by atoms with van der Waals surface area (Å²) in [5.74, 6) is -0.799. The normalized spacial score (nSPS) is 14.8. The number of hydrogen-bond donors (Lipinski definition) is 0. The number of hydrogen-bond acceptors (Lipinski definition) is 7. The number of alkyl halides is 3. The molecule has 1 aliphatic rings. The Hall–Kier alpha value is -3.84. The summed E-state index contributed by atoms with van der Waals surface area (Å²) >= 11 is 4.17. The molecular weight excluding hydrogens is 593 g/mol. The molecule has 0 atom stereocenters. The third kappa shape index (κ3) is 5.83. The molecule has 0 radical (unpaired) electrons. The topological polar surface area (TPSA) is 99.0 Å². The van der Waals surface area contributed by atoms with Gasteiger partial charge >= 0.3 is 11.9 Å². The van der Waals surface area contributed by atoms with Crippen molar-refractivity contribution < 1.29 is 37.2 Å². The van der Waals surface area contributed by atoms with E-state index in [-0.39, 0.29) is 22.9 Å². The molecule has 0 unspecified atom stereocenters. The highest BCUT2D eigenvalue weighted by molar-refractivity contribution is 9.10. The zero-order valence-electron chi connectivity index (χ0n) is 19.3. The number of nitro benzene ring substituents is 1.